The summed E-state index contributed by atoms with van der Waals surface area (Å²) in [5.41, 5.74) is 0. The van der Waals surface area contributed by atoms with Crippen LogP contribution in [-0.2, 0) is 14.4 Å². The second kappa shape index (κ2) is 7.58. The Morgan fingerprint density at radius 3 is 2.00 bits per heavy atom. The van der Waals surface area contributed by atoms with Crippen LogP contribution in [0.2, 0.25) is 0 Å². The number of hydrogen-bond acceptors (Lipinski definition) is 5. The normalized spacial score (nSPS) is 12.2. The van der Waals surface area contributed by atoms with Crippen LogP contribution in [0.15, 0.2) is 0 Å². The van der Waals surface area contributed by atoms with Crippen molar-refractivity contribution in [3.8, 4) is 0 Å². The van der Waals surface area contributed by atoms with Crippen LogP contribution in [0.3, 0.4) is 0 Å². The fraction of sp³-hybridized carbons (Fsp3) is 0.667. The molecule has 0 heterocycles. The topological polar surface area (TPSA) is 127 Å². The molecule has 1 atom stereocenters. The Balaban J connectivity index is 4.20. The average molecular weight is 248 g/mol. The summed E-state index contributed by atoms with van der Waals surface area (Å²) in [4.78, 5) is 32.4. The Morgan fingerprint density at radius 1 is 1.18 bits per heavy atom. The van der Waals surface area contributed by atoms with Crippen molar-refractivity contribution in [3.05, 3.63) is 0 Å². The molecule has 17 heavy (non-hydrogen) atoms. The number of hydrogen-bond donors (Lipinski definition) is 4. The lowest BCUT2D eigenvalue weighted by Gasteiger charge is -2.24. The number of amides is 1. The van der Waals surface area contributed by atoms with Gasteiger partial charge >= 0.3 is 11.9 Å². The second-order valence-corrected chi connectivity index (χ2v) is 3.44. The quantitative estimate of drug-likeness (QED) is 0.377. The number of aliphatic carboxylic acids is 2. The zero-order valence-corrected chi connectivity index (χ0v) is 9.42. The van der Waals surface area contributed by atoms with Gasteiger partial charge in [0.05, 0.1) is 13.1 Å². The minimum Gasteiger partial charge on any atom is -0.480 e. The second-order valence-electron chi connectivity index (χ2n) is 3.44. The van der Waals surface area contributed by atoms with Crippen molar-refractivity contribution in [1.29, 1.82) is 0 Å². The summed E-state index contributed by atoms with van der Waals surface area (Å²) in [6.45, 7) is 0.298. The number of carboxylic acid groups (broad SMARTS) is 2. The molecule has 0 aromatic rings. The van der Waals surface area contributed by atoms with Crippen molar-refractivity contribution in [2.45, 2.75) is 19.6 Å². The number of carbonyl (C=O) groups is 3. The summed E-state index contributed by atoms with van der Waals surface area (Å²) in [6, 6.07) is 0. The van der Waals surface area contributed by atoms with Gasteiger partial charge in [-0.05, 0) is 0 Å². The van der Waals surface area contributed by atoms with E-state index in [1.54, 1.807) is 0 Å². The van der Waals surface area contributed by atoms with E-state index in [2.05, 4.69) is 5.32 Å². The molecular weight excluding hydrogens is 232 g/mol. The number of aliphatic hydroxyl groups is 1. The van der Waals surface area contributed by atoms with Gasteiger partial charge < -0.3 is 20.6 Å². The highest BCUT2D eigenvalue weighted by molar-refractivity contribution is 5.73. The molecule has 0 aromatic heterocycles. The van der Waals surface area contributed by atoms with Gasteiger partial charge in [-0.1, -0.05) is 0 Å². The van der Waals surface area contributed by atoms with E-state index in [1.165, 1.54) is 6.92 Å². The molecule has 1 amide bonds. The summed E-state index contributed by atoms with van der Waals surface area (Å²) in [5.74, 6) is -2.74. The molecule has 98 valence electrons. The first-order valence-electron chi connectivity index (χ1n) is 4.93. The molecule has 0 aromatic carbocycles. The lowest BCUT2D eigenvalue weighted by Crippen LogP contribution is -2.43. The van der Waals surface area contributed by atoms with Crippen LogP contribution in [-0.4, -0.2) is 63.9 Å². The molecular formula is C9H16N2O6. The Hall–Kier alpha value is -1.67. The van der Waals surface area contributed by atoms with Crippen molar-refractivity contribution in [2.75, 3.05) is 19.6 Å². The summed E-state index contributed by atoms with van der Waals surface area (Å²) < 4.78 is 0. The molecule has 8 nitrogen and oxygen atoms in total. The highest BCUT2D eigenvalue weighted by atomic mass is 16.4. The van der Waals surface area contributed by atoms with E-state index in [4.69, 9.17) is 10.2 Å². The first-order valence-corrected chi connectivity index (χ1v) is 4.93. The maximum absolute atomic E-state index is 10.6. The molecule has 4 N–H and O–H groups in total. The number of aliphatic hydroxyl groups excluding tert-OH is 1. The fourth-order valence-corrected chi connectivity index (χ4v) is 1.17. The van der Waals surface area contributed by atoms with Gasteiger partial charge in [-0.15, -0.1) is 0 Å². The lowest BCUT2D eigenvalue weighted by atomic mass is 10.3. The van der Waals surface area contributed by atoms with Crippen molar-refractivity contribution in [2.24, 2.45) is 0 Å². The Bertz CT molecular complexity index is 277. The molecule has 0 spiro atoms. The molecule has 0 aliphatic heterocycles. The molecule has 0 rings (SSSR count). The van der Waals surface area contributed by atoms with Crippen LogP contribution in [0.1, 0.15) is 13.3 Å². The highest BCUT2D eigenvalue weighted by Crippen LogP contribution is 2.00. The van der Waals surface area contributed by atoms with Crippen molar-refractivity contribution >= 4 is 17.8 Å². The van der Waals surface area contributed by atoms with E-state index in [9.17, 15) is 19.5 Å². The third-order valence-electron chi connectivity index (χ3n) is 1.87. The predicted molar refractivity (Wildman–Crippen MR) is 56.2 cm³/mol. The van der Waals surface area contributed by atoms with E-state index in [1.807, 2.05) is 0 Å². The average Bonchev–Trinajstić information content (AvgIpc) is 2.14. The maximum Gasteiger partial charge on any atom is 0.317 e. The summed E-state index contributed by atoms with van der Waals surface area (Å²) >= 11 is 0. The van der Waals surface area contributed by atoms with Gasteiger partial charge in [0.2, 0.25) is 5.91 Å². The van der Waals surface area contributed by atoms with Gasteiger partial charge in [0.25, 0.3) is 0 Å². The predicted octanol–water partition coefficient (Wildman–Crippen LogP) is -1.70. The van der Waals surface area contributed by atoms with Crippen LogP contribution in [0.5, 0.6) is 0 Å². The smallest absolute Gasteiger partial charge is 0.317 e. The van der Waals surface area contributed by atoms with Gasteiger partial charge in [0.1, 0.15) is 6.23 Å². The number of carbonyl (C=O) groups excluding carboxylic acids is 1. The zero-order chi connectivity index (χ0) is 13.4. The van der Waals surface area contributed by atoms with Crippen LogP contribution in [0.25, 0.3) is 0 Å². The van der Waals surface area contributed by atoms with Crippen LogP contribution in [0, 0.1) is 0 Å². The van der Waals surface area contributed by atoms with Crippen LogP contribution < -0.4 is 5.32 Å². The van der Waals surface area contributed by atoms with E-state index < -0.39 is 31.3 Å². The Labute approximate surface area is 97.8 Å². The van der Waals surface area contributed by atoms with E-state index in [-0.39, 0.29) is 18.9 Å². The zero-order valence-electron chi connectivity index (χ0n) is 9.42. The molecule has 1 unspecified atom stereocenters. The molecule has 0 saturated heterocycles. The third-order valence-corrected chi connectivity index (χ3v) is 1.87. The van der Waals surface area contributed by atoms with Crippen LogP contribution in [0.4, 0.5) is 0 Å². The van der Waals surface area contributed by atoms with Gasteiger partial charge in [-0.3, -0.25) is 19.3 Å². The standard InChI is InChI=1S/C9H16N2O6/c1-6(12)10-3-2-7(13)11(4-8(14)15)5-9(16)17/h7,13H,2-5H2,1H3,(H,10,12)(H,14,15)(H,16,17). The largest absolute Gasteiger partial charge is 0.480 e. The molecule has 0 fully saturated rings. The molecule has 8 heteroatoms. The van der Waals surface area contributed by atoms with Crippen molar-refractivity contribution in [1.82, 2.24) is 10.2 Å². The van der Waals surface area contributed by atoms with Gasteiger partial charge in [0, 0.05) is 19.9 Å². The minimum atomic E-state index is -1.23. The summed E-state index contributed by atoms with van der Waals surface area (Å²) in [5, 5.41) is 29.1. The van der Waals surface area contributed by atoms with E-state index in [0.717, 1.165) is 4.90 Å². The fourth-order valence-electron chi connectivity index (χ4n) is 1.17. The van der Waals surface area contributed by atoms with Crippen molar-refractivity contribution in [3.63, 3.8) is 0 Å². The summed E-state index contributed by atoms with van der Waals surface area (Å²) in [6.07, 6.45) is -1.17. The number of rotatable bonds is 8. The van der Waals surface area contributed by atoms with E-state index >= 15 is 0 Å². The molecule has 0 bridgehead atoms. The first-order chi connectivity index (χ1) is 7.82. The van der Waals surface area contributed by atoms with Gasteiger partial charge in [-0.25, -0.2) is 0 Å². The van der Waals surface area contributed by atoms with Gasteiger partial charge in [0.15, 0.2) is 0 Å². The SMILES string of the molecule is CC(=O)NCCC(O)N(CC(=O)O)CC(=O)O. The number of carboxylic acids is 2. The highest BCUT2D eigenvalue weighted by Gasteiger charge is 2.20. The minimum absolute atomic E-state index is 0.0557. The number of nitrogens with one attached hydrogen (secondary N) is 1. The summed E-state index contributed by atoms with van der Waals surface area (Å²) in [7, 11) is 0. The Kier molecular flexibility index (Phi) is 6.83. The molecule has 0 aliphatic carbocycles. The first kappa shape index (κ1) is 15.3. The van der Waals surface area contributed by atoms with Crippen LogP contribution >= 0.6 is 0 Å². The number of nitrogens with zero attached hydrogens (tertiary/aromatic N) is 1. The van der Waals surface area contributed by atoms with Gasteiger partial charge in [-0.2, -0.15) is 0 Å². The van der Waals surface area contributed by atoms with E-state index in [0.29, 0.717) is 0 Å². The molecule has 0 saturated carbocycles. The monoisotopic (exact) mass is 248 g/mol. The molecule has 0 aliphatic rings. The maximum atomic E-state index is 10.6. The lowest BCUT2D eigenvalue weighted by molar-refractivity contribution is -0.147. The molecule has 0 radical (unpaired) electrons. The Morgan fingerprint density at radius 2 is 1.65 bits per heavy atom. The van der Waals surface area contributed by atoms with Crippen molar-refractivity contribution < 1.29 is 29.7 Å². The third kappa shape index (κ3) is 8.17.